The van der Waals surface area contributed by atoms with Gasteiger partial charge in [-0.1, -0.05) is 74.9 Å². The summed E-state index contributed by atoms with van der Waals surface area (Å²) < 4.78 is 73.8. The smallest absolute Gasteiger partial charge is 0.329 e. The number of esters is 1. The molecule has 1 saturated carbocycles. The summed E-state index contributed by atoms with van der Waals surface area (Å²) in [7, 11) is 1.64. The first kappa shape index (κ1) is 96.3. The van der Waals surface area contributed by atoms with Crippen LogP contribution in [0.5, 0.6) is 0 Å². The SMILES string of the molecule is CO[C@@H]1C[C@H](C[C@@H](N)[C@@H]2CC(=O)[C@H](C)/C=C(\C)[C@@H](O)[C@@H](O)C(=O)[C@H](C)C[C@H](C)/C=C/C=C/C=C(\C)C(c3ccco3)C[C@@H]3CC[C@@H](C)[C@@](O)(O3)C(=O)C(=O)N3CCCC[C@H]3C(=O)O2)CC[C@H]1OCCCCc1cn(CCOCCOCCOCCOCCOCCOCCC(=O)NCCCCn2nc(-c3ccc4oc(N)nc4c3)c3c(N)ncnc32)nn1. The van der Waals surface area contributed by atoms with Gasteiger partial charge in [0.25, 0.3) is 17.7 Å². The lowest BCUT2D eigenvalue weighted by Gasteiger charge is -2.42. The fourth-order valence-corrected chi connectivity index (χ4v) is 16.3. The van der Waals surface area contributed by atoms with Crippen molar-refractivity contribution in [2.75, 3.05) is 118 Å². The van der Waals surface area contributed by atoms with Crippen molar-refractivity contribution < 1.29 is 100 Å². The van der Waals surface area contributed by atoms with Gasteiger partial charge in [0, 0.05) is 87.7 Å². The lowest BCUT2D eigenvalue weighted by molar-refractivity contribution is -0.264. The molecule has 4 aliphatic rings. The Balaban J connectivity index is 0.577. The number of piperidine rings is 1. The van der Waals surface area contributed by atoms with Gasteiger partial charge in [0.05, 0.1) is 121 Å². The van der Waals surface area contributed by atoms with Crippen molar-refractivity contribution in [2.24, 2.45) is 35.3 Å². The Morgan fingerprint density at radius 3 is 2.22 bits per heavy atom. The number of ether oxygens (including phenoxy) is 10. The number of aliphatic hydroxyl groups excluding tert-OH is 2. The van der Waals surface area contributed by atoms with E-state index in [1.165, 1.54) is 19.3 Å². The molecule has 34 heteroatoms. The van der Waals surface area contributed by atoms with Gasteiger partial charge in [0.2, 0.25) is 11.7 Å². The number of aromatic nitrogens is 8. The van der Waals surface area contributed by atoms with Crippen LogP contribution >= 0.6 is 0 Å². The van der Waals surface area contributed by atoms with Gasteiger partial charge >= 0.3 is 5.97 Å². The summed E-state index contributed by atoms with van der Waals surface area (Å²) in [5, 5.41) is 51.9. The molecule has 1 aliphatic carbocycles. The molecule has 8 heterocycles. The van der Waals surface area contributed by atoms with Crippen LogP contribution in [0.4, 0.5) is 11.8 Å². The van der Waals surface area contributed by atoms with Gasteiger partial charge in [-0.05, 0) is 164 Å². The van der Waals surface area contributed by atoms with Gasteiger partial charge in [-0.2, -0.15) is 10.1 Å². The van der Waals surface area contributed by atoms with Crippen LogP contribution in [-0.2, 0) is 95.6 Å². The third-order valence-corrected chi connectivity index (χ3v) is 23.5. The number of furan rings is 1. The number of fused-ring (bicyclic) bond motifs is 5. The molecule has 1 aromatic carbocycles. The van der Waals surface area contributed by atoms with Crippen LogP contribution in [0.25, 0.3) is 33.4 Å². The van der Waals surface area contributed by atoms with E-state index in [4.69, 9.17) is 78.5 Å². The Bertz CT molecular complexity index is 4450. The normalized spacial score (nSPS) is 27.0. The second-order valence-electron chi connectivity index (χ2n) is 32.9. The molecular formula is C89H129N13O21. The van der Waals surface area contributed by atoms with Crippen molar-refractivity contribution in [2.45, 2.75) is 231 Å². The average Bonchev–Trinajstić information content (AvgIpc) is 1.56. The van der Waals surface area contributed by atoms with Crippen LogP contribution in [0.2, 0.25) is 0 Å². The maximum Gasteiger partial charge on any atom is 0.329 e. The number of amides is 2. The van der Waals surface area contributed by atoms with E-state index >= 15 is 0 Å². The van der Waals surface area contributed by atoms with E-state index in [1.807, 2.05) is 68.6 Å². The number of oxazole rings is 1. The summed E-state index contributed by atoms with van der Waals surface area (Å²) in [6.07, 6.45) is 18.8. The number of carbonyl (C=O) groups is 6. The largest absolute Gasteiger partial charge is 0.469 e. The molecule has 10 N–H and O–H groups in total. The van der Waals surface area contributed by atoms with E-state index < -0.39 is 89.3 Å². The first-order chi connectivity index (χ1) is 59.4. The molecule has 3 fully saturated rings. The summed E-state index contributed by atoms with van der Waals surface area (Å²) in [6, 6.07) is 7.06. The van der Waals surface area contributed by atoms with Crippen molar-refractivity contribution in [3.05, 3.63) is 108 Å². The number of rotatable bonds is 38. The number of aryl methyl sites for hydroxylation is 2. The number of hydrogen-bond donors (Lipinski definition) is 7. The molecule has 123 heavy (non-hydrogen) atoms. The summed E-state index contributed by atoms with van der Waals surface area (Å²) in [5.41, 5.74) is 24.3. The lowest BCUT2D eigenvalue weighted by atomic mass is 9.80. The number of nitrogen functional groups attached to an aromatic ring is 2. The molecule has 34 nitrogen and oxygen atoms in total. The van der Waals surface area contributed by atoms with E-state index in [0.29, 0.717) is 209 Å². The summed E-state index contributed by atoms with van der Waals surface area (Å²) in [4.78, 5) is 98.5. The Morgan fingerprint density at radius 2 is 1.50 bits per heavy atom. The number of ketones is 3. The number of Topliss-reactive ketones (excluding diaryl/α,β-unsaturated/α-hetero) is 3. The van der Waals surface area contributed by atoms with Crippen LogP contribution < -0.4 is 22.5 Å². The van der Waals surface area contributed by atoms with Crippen molar-refractivity contribution >= 4 is 69.1 Å². The Kier molecular flexibility index (Phi) is 38.5. The van der Waals surface area contributed by atoms with Crippen LogP contribution in [0.3, 0.4) is 0 Å². The number of unbranched alkanes of at least 4 members (excludes halogenated alkanes) is 2. The second kappa shape index (κ2) is 49.1. The van der Waals surface area contributed by atoms with Gasteiger partial charge in [-0.25, -0.2) is 24.1 Å². The van der Waals surface area contributed by atoms with Crippen LogP contribution in [-0.4, -0.2) is 256 Å². The predicted octanol–water partition coefficient (Wildman–Crippen LogP) is 8.42. The van der Waals surface area contributed by atoms with Crippen LogP contribution in [0.15, 0.2) is 106 Å². The standard InChI is InChI=1S/C89H129N13O21/c1-57-18-9-8-10-19-58(2)67(72-22-17-35-119-72)53-66-26-23-62(6)89(111,123-66)83(108)86(109)101-31-14-11-21-70(101)87(110)121-75(54-71(103)59(3)49-61(5)81(106)82(107)80(105)60(4)48-57)68(90)50-63-24-27-74(76(51-63)112-7)120-34-16-12-20-65-55-100(99-97-65)33-37-114-39-41-116-43-45-118-47-46-117-44-42-115-40-38-113-36-29-77(104)93-30-13-15-32-102-85-78(84(91)94-56-95-85)79(98-102)64-25-28-73-69(52-64)96-88(92)122-73/h8-10,17-19,22,25,28,35,49,52,55-57,59-60,62-63,66-68,70,74-76,81-82,106-107,111H,11-16,20-21,23-24,26-27,29-34,36-48,50-51,53-54,90H2,1-7H3,(H2,92,96)(H,93,104)(H2,91,94,95)/b10-8+,18-9+,58-19+,61-49+/t57-,59-,60-,62-,63+,66+,67?,68-,70+,74-,75+,76-,81-,82+,89-/m1/s1. The molecule has 676 valence electrons. The van der Waals surface area contributed by atoms with Crippen molar-refractivity contribution in [3.63, 3.8) is 0 Å². The van der Waals surface area contributed by atoms with Gasteiger partial charge in [-0.15, -0.1) is 5.10 Å². The predicted molar refractivity (Wildman–Crippen MR) is 455 cm³/mol. The molecule has 15 atom stereocenters. The van der Waals surface area contributed by atoms with E-state index in [2.05, 4.69) is 30.6 Å². The summed E-state index contributed by atoms with van der Waals surface area (Å²) >= 11 is 0. The van der Waals surface area contributed by atoms with Crippen LogP contribution in [0, 0.1) is 29.6 Å². The van der Waals surface area contributed by atoms with Gasteiger partial charge < -0.3 is 98.9 Å². The number of methoxy groups -OCH3 is 1. The summed E-state index contributed by atoms with van der Waals surface area (Å²) in [5.74, 6) is -8.41. The Labute approximate surface area is 719 Å². The molecule has 0 spiro atoms. The molecule has 5 aromatic heterocycles. The molecule has 2 saturated heterocycles. The molecular weight excluding hydrogens is 1590 g/mol. The van der Waals surface area contributed by atoms with E-state index in [0.717, 1.165) is 47.4 Å². The Morgan fingerprint density at radius 1 is 0.764 bits per heavy atom. The maximum atomic E-state index is 14.8. The minimum Gasteiger partial charge on any atom is -0.469 e. The quantitative estimate of drug-likeness (QED) is 0.00827. The number of anilines is 2. The number of carbonyl (C=O) groups excluding carboxylic acids is 6. The highest BCUT2D eigenvalue weighted by Crippen LogP contribution is 2.41. The van der Waals surface area contributed by atoms with E-state index in [9.17, 15) is 44.1 Å². The maximum absolute atomic E-state index is 14.8. The van der Waals surface area contributed by atoms with Crippen molar-refractivity contribution in [1.29, 1.82) is 0 Å². The fraction of sp³-hybridized carbons (Fsp3) is 0.640. The third kappa shape index (κ3) is 28.6. The van der Waals surface area contributed by atoms with E-state index in [-0.39, 0.29) is 79.9 Å². The zero-order valence-corrected chi connectivity index (χ0v) is 72.4. The highest BCUT2D eigenvalue weighted by Gasteiger charge is 2.53. The molecule has 3 aliphatic heterocycles. The number of allylic oxidation sites excluding steroid dienone is 7. The van der Waals surface area contributed by atoms with Gasteiger partial charge in [-0.3, -0.25) is 24.0 Å². The minimum atomic E-state index is -2.51. The molecule has 1 unspecified atom stereocenters. The van der Waals surface area contributed by atoms with Crippen molar-refractivity contribution in [3.8, 4) is 11.3 Å². The highest BCUT2D eigenvalue weighted by molar-refractivity contribution is 6.39. The fourth-order valence-electron chi connectivity index (χ4n) is 16.3. The molecule has 2 bridgehead atoms. The van der Waals surface area contributed by atoms with Gasteiger partial charge in [0.15, 0.2) is 17.0 Å². The zero-order valence-electron chi connectivity index (χ0n) is 72.4. The monoisotopic (exact) mass is 1720 g/mol. The minimum absolute atomic E-state index is 0.0206. The molecule has 6 aromatic rings. The van der Waals surface area contributed by atoms with E-state index in [1.54, 1.807) is 55.6 Å². The first-order valence-corrected chi connectivity index (χ1v) is 43.7. The molecule has 10 rings (SSSR count). The lowest BCUT2D eigenvalue weighted by Crippen LogP contribution is -2.61. The second-order valence-corrected chi connectivity index (χ2v) is 32.9. The third-order valence-electron chi connectivity index (χ3n) is 23.5. The zero-order chi connectivity index (χ0) is 87.8. The first-order valence-electron chi connectivity index (χ1n) is 43.7. The number of nitrogens with two attached hydrogens (primary N) is 3. The number of hydrogen-bond acceptors (Lipinski definition) is 30. The highest BCUT2D eigenvalue weighted by atomic mass is 16.6. The average molecular weight is 1720 g/mol. The number of cyclic esters (lactones) is 1. The summed E-state index contributed by atoms with van der Waals surface area (Å²) in [6.45, 7) is 17.3. The molecule has 0 radical (unpaired) electrons. The van der Waals surface area contributed by atoms with Crippen molar-refractivity contribution in [1.82, 2.24) is 49.9 Å². The number of nitrogens with zero attached hydrogens (tertiary/aromatic N) is 9. The van der Waals surface area contributed by atoms with Gasteiger partial charge in [0.1, 0.15) is 59.3 Å². The Hall–Kier alpha value is -8.88. The molecule has 2 amide bonds. The van der Waals surface area contributed by atoms with Crippen LogP contribution in [0.1, 0.15) is 168 Å². The number of benzene rings is 1. The number of aliphatic hydroxyl groups is 3. The number of nitrogens with one attached hydrogen (secondary N) is 1. The topological polar surface area (TPSA) is 462 Å².